The van der Waals surface area contributed by atoms with Crippen molar-refractivity contribution in [3.63, 3.8) is 0 Å². The Morgan fingerprint density at radius 3 is 2.63 bits per heavy atom. The zero-order valence-electron chi connectivity index (χ0n) is 14.4. The molecule has 1 atom stereocenters. The van der Waals surface area contributed by atoms with Gasteiger partial charge in [0, 0.05) is 10.9 Å². The minimum atomic E-state index is -1.27. The van der Waals surface area contributed by atoms with Crippen LogP contribution >= 0.6 is 11.3 Å². The summed E-state index contributed by atoms with van der Waals surface area (Å²) in [6, 6.07) is 17.0. The largest absolute Gasteiger partial charge is 0.497 e. The average molecular weight is 377 g/mol. The van der Waals surface area contributed by atoms with Crippen molar-refractivity contribution in [3.8, 4) is 23.1 Å². The summed E-state index contributed by atoms with van der Waals surface area (Å²) >= 11 is 1.28. The highest BCUT2D eigenvalue weighted by Gasteiger charge is 2.18. The Hall–Kier alpha value is -3.57. The number of rotatable bonds is 6. The molecular weight excluding hydrogens is 362 g/mol. The molecule has 0 saturated carbocycles. The Bertz CT molecular complexity index is 977. The highest BCUT2D eigenvalue weighted by atomic mass is 32.1. The number of carbonyl (C=O) groups excluding carboxylic acids is 1. The minimum Gasteiger partial charge on any atom is -0.497 e. The Morgan fingerprint density at radius 2 is 1.96 bits per heavy atom. The lowest BCUT2D eigenvalue weighted by Gasteiger charge is -2.03. The van der Waals surface area contributed by atoms with Gasteiger partial charge in [-0.15, -0.1) is 11.3 Å². The van der Waals surface area contributed by atoms with E-state index in [2.05, 4.69) is 20.5 Å². The fraction of sp³-hybridized carbons (Fsp3) is 0.105. The number of azo groups is 1. The predicted molar refractivity (Wildman–Crippen MR) is 103 cm³/mol. The van der Waals surface area contributed by atoms with Crippen LogP contribution in [0.4, 0.5) is 10.8 Å². The number of ether oxygens (including phenoxy) is 1. The molecule has 1 amide bonds. The summed E-state index contributed by atoms with van der Waals surface area (Å²) in [7, 11) is 1.56. The molecule has 27 heavy (non-hydrogen) atoms. The maximum atomic E-state index is 12.3. The number of aromatic nitrogens is 1. The zero-order valence-corrected chi connectivity index (χ0v) is 15.2. The van der Waals surface area contributed by atoms with Gasteiger partial charge in [-0.1, -0.05) is 30.3 Å². The topological polar surface area (TPSA) is 99.7 Å². The third kappa shape index (κ3) is 4.74. The van der Waals surface area contributed by atoms with E-state index >= 15 is 0 Å². The number of thiazole rings is 1. The first-order valence-corrected chi connectivity index (χ1v) is 8.84. The number of nitrogens with one attached hydrogen (secondary N) is 1. The van der Waals surface area contributed by atoms with Gasteiger partial charge in [-0.2, -0.15) is 15.5 Å². The number of nitrogens with zero attached hydrogens (tertiary/aromatic N) is 4. The summed E-state index contributed by atoms with van der Waals surface area (Å²) in [6.45, 7) is 0. The number of amides is 1. The maximum absolute atomic E-state index is 12.3. The Balaban J connectivity index is 1.66. The van der Waals surface area contributed by atoms with E-state index in [1.807, 2.05) is 41.8 Å². The lowest BCUT2D eigenvalue weighted by atomic mass is 10.2. The molecule has 0 fully saturated rings. The van der Waals surface area contributed by atoms with Crippen LogP contribution in [0, 0.1) is 11.3 Å². The molecule has 0 spiro atoms. The average Bonchev–Trinajstić information content (AvgIpc) is 3.18. The molecule has 8 heteroatoms. The number of carbonyl (C=O) groups is 1. The van der Waals surface area contributed by atoms with Gasteiger partial charge in [-0.05, 0) is 24.3 Å². The van der Waals surface area contributed by atoms with E-state index in [9.17, 15) is 10.1 Å². The molecule has 0 saturated heterocycles. The zero-order chi connectivity index (χ0) is 19.1. The lowest BCUT2D eigenvalue weighted by molar-refractivity contribution is -0.116. The Morgan fingerprint density at radius 1 is 1.22 bits per heavy atom. The quantitative estimate of drug-likeness (QED) is 0.642. The van der Waals surface area contributed by atoms with Gasteiger partial charge in [0.2, 0.25) is 6.04 Å². The summed E-state index contributed by atoms with van der Waals surface area (Å²) in [5.41, 5.74) is 2.22. The second kappa shape index (κ2) is 8.69. The second-order valence-electron chi connectivity index (χ2n) is 5.34. The molecule has 0 bridgehead atoms. The summed E-state index contributed by atoms with van der Waals surface area (Å²) in [6.07, 6.45) is 0. The Kier molecular flexibility index (Phi) is 5.87. The van der Waals surface area contributed by atoms with Crippen LogP contribution in [-0.2, 0) is 4.79 Å². The fourth-order valence-corrected chi connectivity index (χ4v) is 2.88. The molecule has 0 aliphatic heterocycles. The molecule has 134 valence electrons. The van der Waals surface area contributed by atoms with E-state index in [4.69, 9.17) is 4.74 Å². The molecule has 1 heterocycles. The summed E-state index contributed by atoms with van der Waals surface area (Å²) < 4.78 is 5.06. The van der Waals surface area contributed by atoms with Gasteiger partial charge >= 0.3 is 0 Å². The van der Waals surface area contributed by atoms with Gasteiger partial charge in [0.15, 0.2) is 5.13 Å². The fourth-order valence-electron chi connectivity index (χ4n) is 2.16. The third-order valence-corrected chi connectivity index (χ3v) is 4.29. The van der Waals surface area contributed by atoms with Gasteiger partial charge in [-0.3, -0.25) is 10.1 Å². The number of methoxy groups -OCH3 is 1. The first-order chi connectivity index (χ1) is 13.2. The SMILES string of the molecule is COc1ccc(N=NC(C#N)C(=O)Nc2nc(-c3ccccc3)cs2)cc1. The normalized spacial score (nSPS) is 11.7. The summed E-state index contributed by atoms with van der Waals surface area (Å²) in [5, 5.41) is 21.8. The standard InChI is InChI=1S/C19H15N5O2S/c1-26-15-9-7-14(8-10-15)23-24-16(11-20)18(25)22-19-21-17(12-27-19)13-5-3-2-4-6-13/h2-10,12,16H,1H3,(H,21,22,25). The van der Waals surface area contributed by atoms with Crippen molar-refractivity contribution in [2.45, 2.75) is 6.04 Å². The van der Waals surface area contributed by atoms with Crippen LogP contribution in [0.3, 0.4) is 0 Å². The van der Waals surface area contributed by atoms with Gasteiger partial charge < -0.3 is 4.74 Å². The summed E-state index contributed by atoms with van der Waals surface area (Å²) in [4.78, 5) is 16.6. The lowest BCUT2D eigenvalue weighted by Crippen LogP contribution is -2.24. The molecule has 0 radical (unpaired) electrons. The first kappa shape index (κ1) is 18.2. The highest BCUT2D eigenvalue weighted by Crippen LogP contribution is 2.25. The molecule has 0 aliphatic rings. The third-order valence-electron chi connectivity index (χ3n) is 3.54. The molecule has 1 unspecified atom stereocenters. The molecule has 3 aromatic rings. The second-order valence-corrected chi connectivity index (χ2v) is 6.20. The monoisotopic (exact) mass is 377 g/mol. The van der Waals surface area contributed by atoms with E-state index < -0.39 is 11.9 Å². The van der Waals surface area contributed by atoms with Gasteiger partial charge in [0.05, 0.1) is 18.5 Å². The minimum absolute atomic E-state index is 0.402. The molecule has 0 aliphatic carbocycles. The number of nitriles is 1. The van der Waals surface area contributed by atoms with Crippen LogP contribution in [0.25, 0.3) is 11.3 Å². The van der Waals surface area contributed by atoms with Crippen LogP contribution in [0.15, 0.2) is 70.2 Å². The molecule has 7 nitrogen and oxygen atoms in total. The first-order valence-electron chi connectivity index (χ1n) is 7.96. The van der Waals surface area contributed by atoms with E-state index in [0.717, 1.165) is 11.3 Å². The Labute approximate surface area is 160 Å². The number of anilines is 1. The smallest absolute Gasteiger partial charge is 0.267 e. The summed E-state index contributed by atoms with van der Waals surface area (Å²) in [5.74, 6) is 0.102. The van der Waals surface area contributed by atoms with Crippen molar-refractivity contribution in [2.75, 3.05) is 12.4 Å². The van der Waals surface area contributed by atoms with E-state index in [1.54, 1.807) is 31.4 Å². The van der Waals surface area contributed by atoms with Crippen LogP contribution in [-0.4, -0.2) is 24.0 Å². The van der Waals surface area contributed by atoms with Crippen molar-refractivity contribution >= 4 is 28.1 Å². The van der Waals surface area contributed by atoms with Gasteiger partial charge in [0.1, 0.15) is 11.8 Å². The molecule has 1 aromatic heterocycles. The van der Waals surface area contributed by atoms with Gasteiger partial charge in [0.25, 0.3) is 5.91 Å². The van der Waals surface area contributed by atoms with Crippen LogP contribution in [0.1, 0.15) is 0 Å². The van der Waals surface area contributed by atoms with Crippen LogP contribution < -0.4 is 10.1 Å². The van der Waals surface area contributed by atoms with Crippen LogP contribution in [0.2, 0.25) is 0 Å². The van der Waals surface area contributed by atoms with Crippen molar-refractivity contribution in [3.05, 3.63) is 60.0 Å². The molecule has 1 N–H and O–H groups in total. The number of hydrogen-bond acceptors (Lipinski definition) is 7. The maximum Gasteiger partial charge on any atom is 0.267 e. The van der Waals surface area contributed by atoms with E-state index in [0.29, 0.717) is 16.6 Å². The molecule has 2 aromatic carbocycles. The highest BCUT2D eigenvalue weighted by molar-refractivity contribution is 7.14. The van der Waals surface area contributed by atoms with Crippen molar-refractivity contribution < 1.29 is 9.53 Å². The molecule has 3 rings (SSSR count). The van der Waals surface area contributed by atoms with Crippen molar-refractivity contribution in [1.29, 1.82) is 5.26 Å². The van der Waals surface area contributed by atoms with E-state index in [-0.39, 0.29) is 0 Å². The van der Waals surface area contributed by atoms with Crippen molar-refractivity contribution in [1.82, 2.24) is 4.98 Å². The van der Waals surface area contributed by atoms with Gasteiger partial charge in [-0.25, -0.2) is 4.98 Å². The van der Waals surface area contributed by atoms with E-state index in [1.165, 1.54) is 11.3 Å². The van der Waals surface area contributed by atoms with Crippen LogP contribution in [0.5, 0.6) is 5.75 Å². The predicted octanol–water partition coefficient (Wildman–Crippen LogP) is 4.43. The number of benzene rings is 2. The number of hydrogen-bond donors (Lipinski definition) is 1. The van der Waals surface area contributed by atoms with Crippen molar-refractivity contribution in [2.24, 2.45) is 10.2 Å². The molecular formula is C19H15N5O2S.